The SMILES string of the molecule is CCOC(=O)C(N)C(=O)Nc1cc(C)ccn1. The van der Waals surface area contributed by atoms with Gasteiger partial charge in [0.25, 0.3) is 5.91 Å². The Balaban J connectivity index is 2.63. The van der Waals surface area contributed by atoms with E-state index in [0.717, 1.165) is 5.56 Å². The minimum Gasteiger partial charge on any atom is -0.464 e. The van der Waals surface area contributed by atoms with Gasteiger partial charge in [-0.1, -0.05) is 0 Å². The van der Waals surface area contributed by atoms with Crippen molar-refractivity contribution in [2.75, 3.05) is 11.9 Å². The molecule has 6 nitrogen and oxygen atoms in total. The summed E-state index contributed by atoms with van der Waals surface area (Å²) in [5.41, 5.74) is 6.36. The fraction of sp³-hybridized carbons (Fsp3) is 0.364. The van der Waals surface area contributed by atoms with E-state index in [-0.39, 0.29) is 6.61 Å². The Labute approximate surface area is 99.2 Å². The summed E-state index contributed by atoms with van der Waals surface area (Å²) >= 11 is 0. The van der Waals surface area contributed by atoms with Crippen LogP contribution in [-0.2, 0) is 14.3 Å². The zero-order chi connectivity index (χ0) is 12.8. The summed E-state index contributed by atoms with van der Waals surface area (Å²) in [4.78, 5) is 26.7. The Morgan fingerprint density at radius 1 is 1.59 bits per heavy atom. The third-order valence-corrected chi connectivity index (χ3v) is 1.99. The largest absolute Gasteiger partial charge is 0.464 e. The number of pyridine rings is 1. The number of nitrogens with one attached hydrogen (secondary N) is 1. The number of hydrogen-bond acceptors (Lipinski definition) is 5. The van der Waals surface area contributed by atoms with Gasteiger partial charge in [0, 0.05) is 6.20 Å². The quantitative estimate of drug-likeness (QED) is 0.577. The first kappa shape index (κ1) is 13.1. The number of hydrogen-bond donors (Lipinski definition) is 2. The molecule has 0 saturated heterocycles. The van der Waals surface area contributed by atoms with E-state index < -0.39 is 17.9 Å². The highest BCUT2D eigenvalue weighted by Crippen LogP contribution is 2.05. The van der Waals surface area contributed by atoms with Gasteiger partial charge in [-0.25, -0.2) is 9.78 Å². The molecular formula is C11H15N3O3. The van der Waals surface area contributed by atoms with Crippen LogP contribution in [0.15, 0.2) is 18.3 Å². The summed E-state index contributed by atoms with van der Waals surface area (Å²) in [5.74, 6) is -1.03. The van der Waals surface area contributed by atoms with Crippen molar-refractivity contribution in [3.05, 3.63) is 23.9 Å². The van der Waals surface area contributed by atoms with Crippen molar-refractivity contribution in [2.45, 2.75) is 19.9 Å². The topological polar surface area (TPSA) is 94.3 Å². The lowest BCUT2D eigenvalue weighted by atomic mass is 10.2. The molecular weight excluding hydrogens is 222 g/mol. The van der Waals surface area contributed by atoms with Gasteiger partial charge in [-0.05, 0) is 31.5 Å². The maximum absolute atomic E-state index is 11.6. The Bertz CT molecular complexity index is 420. The van der Waals surface area contributed by atoms with Crippen molar-refractivity contribution in [1.82, 2.24) is 4.98 Å². The highest BCUT2D eigenvalue weighted by molar-refractivity contribution is 6.07. The van der Waals surface area contributed by atoms with Crippen LogP contribution in [0.5, 0.6) is 0 Å². The smallest absolute Gasteiger partial charge is 0.332 e. The molecule has 0 aliphatic carbocycles. The first-order valence-electron chi connectivity index (χ1n) is 5.20. The van der Waals surface area contributed by atoms with Crippen LogP contribution < -0.4 is 11.1 Å². The second-order valence-electron chi connectivity index (χ2n) is 3.44. The molecule has 1 heterocycles. The van der Waals surface area contributed by atoms with E-state index in [4.69, 9.17) is 5.73 Å². The summed E-state index contributed by atoms with van der Waals surface area (Å²) in [7, 11) is 0. The van der Waals surface area contributed by atoms with Gasteiger partial charge in [-0.15, -0.1) is 0 Å². The Kier molecular flexibility index (Phi) is 4.59. The molecule has 0 aromatic carbocycles. The average molecular weight is 237 g/mol. The Morgan fingerprint density at radius 2 is 2.29 bits per heavy atom. The number of carbonyl (C=O) groups is 2. The van der Waals surface area contributed by atoms with Gasteiger partial charge in [0.05, 0.1) is 6.61 Å². The number of amides is 1. The van der Waals surface area contributed by atoms with E-state index in [2.05, 4.69) is 15.0 Å². The number of rotatable bonds is 4. The molecule has 1 aromatic rings. The van der Waals surface area contributed by atoms with Crippen molar-refractivity contribution < 1.29 is 14.3 Å². The third-order valence-electron chi connectivity index (χ3n) is 1.99. The van der Waals surface area contributed by atoms with Gasteiger partial charge in [0.1, 0.15) is 5.82 Å². The number of anilines is 1. The lowest BCUT2D eigenvalue weighted by molar-refractivity contribution is -0.146. The van der Waals surface area contributed by atoms with Gasteiger partial charge in [-0.2, -0.15) is 0 Å². The van der Waals surface area contributed by atoms with Gasteiger partial charge in [0.2, 0.25) is 0 Å². The van der Waals surface area contributed by atoms with E-state index >= 15 is 0 Å². The molecule has 3 N–H and O–H groups in total. The maximum atomic E-state index is 11.6. The van der Waals surface area contributed by atoms with Crippen molar-refractivity contribution >= 4 is 17.7 Å². The summed E-state index contributed by atoms with van der Waals surface area (Å²) in [6.07, 6.45) is 1.56. The third kappa shape index (κ3) is 3.84. The molecule has 0 aliphatic heterocycles. The summed E-state index contributed by atoms with van der Waals surface area (Å²) in [6, 6.07) is 2.13. The minimum absolute atomic E-state index is 0.183. The summed E-state index contributed by atoms with van der Waals surface area (Å²) < 4.78 is 4.64. The van der Waals surface area contributed by atoms with Crippen molar-refractivity contribution in [1.29, 1.82) is 0 Å². The molecule has 1 atom stereocenters. The van der Waals surface area contributed by atoms with E-state index in [1.807, 2.05) is 6.92 Å². The van der Waals surface area contributed by atoms with Gasteiger partial charge >= 0.3 is 5.97 Å². The molecule has 1 amide bonds. The number of esters is 1. The molecule has 0 radical (unpaired) electrons. The van der Waals surface area contributed by atoms with Crippen LogP contribution in [0, 0.1) is 6.92 Å². The lowest BCUT2D eigenvalue weighted by Crippen LogP contribution is -2.43. The molecule has 6 heteroatoms. The van der Waals surface area contributed by atoms with E-state index in [1.54, 1.807) is 25.3 Å². The predicted octanol–water partition coefficient (Wildman–Crippen LogP) is 0.219. The van der Waals surface area contributed by atoms with Gasteiger partial charge in [0.15, 0.2) is 6.04 Å². The van der Waals surface area contributed by atoms with Crippen LogP contribution in [0.3, 0.4) is 0 Å². The standard InChI is InChI=1S/C11H15N3O3/c1-3-17-11(16)9(12)10(15)14-8-6-7(2)4-5-13-8/h4-6,9H,3,12H2,1-2H3,(H,13,14,15). The summed E-state index contributed by atoms with van der Waals surface area (Å²) in [6.45, 7) is 3.69. The number of aromatic nitrogens is 1. The molecule has 0 saturated carbocycles. The van der Waals surface area contributed by atoms with Crippen LogP contribution in [-0.4, -0.2) is 29.5 Å². The zero-order valence-corrected chi connectivity index (χ0v) is 9.77. The maximum Gasteiger partial charge on any atom is 0.332 e. The average Bonchev–Trinajstić information content (AvgIpc) is 2.28. The molecule has 0 bridgehead atoms. The fourth-order valence-electron chi connectivity index (χ4n) is 1.15. The Morgan fingerprint density at radius 3 is 2.88 bits per heavy atom. The van der Waals surface area contributed by atoms with Crippen LogP contribution in [0.2, 0.25) is 0 Å². The lowest BCUT2D eigenvalue weighted by Gasteiger charge is -2.10. The first-order chi connectivity index (χ1) is 8.04. The van der Waals surface area contributed by atoms with Gasteiger partial charge < -0.3 is 15.8 Å². The second kappa shape index (κ2) is 5.95. The molecule has 17 heavy (non-hydrogen) atoms. The molecule has 1 unspecified atom stereocenters. The summed E-state index contributed by atoms with van der Waals surface area (Å²) in [5, 5.41) is 2.45. The van der Waals surface area contributed by atoms with Crippen molar-refractivity contribution in [3.63, 3.8) is 0 Å². The molecule has 1 rings (SSSR count). The number of carbonyl (C=O) groups excluding carboxylic acids is 2. The molecule has 92 valence electrons. The van der Waals surface area contributed by atoms with Gasteiger partial charge in [-0.3, -0.25) is 4.79 Å². The number of nitrogens with zero attached hydrogens (tertiary/aromatic N) is 1. The molecule has 0 fully saturated rings. The van der Waals surface area contributed by atoms with E-state index in [1.165, 1.54) is 0 Å². The zero-order valence-electron chi connectivity index (χ0n) is 9.77. The highest BCUT2D eigenvalue weighted by Gasteiger charge is 2.23. The van der Waals surface area contributed by atoms with Crippen molar-refractivity contribution in [2.24, 2.45) is 5.73 Å². The predicted molar refractivity (Wildman–Crippen MR) is 62.2 cm³/mol. The number of ether oxygens (including phenoxy) is 1. The van der Waals surface area contributed by atoms with Crippen molar-refractivity contribution in [3.8, 4) is 0 Å². The molecule has 1 aromatic heterocycles. The molecule has 0 spiro atoms. The normalized spacial score (nSPS) is 11.7. The van der Waals surface area contributed by atoms with Crippen LogP contribution in [0.25, 0.3) is 0 Å². The highest BCUT2D eigenvalue weighted by atomic mass is 16.5. The monoisotopic (exact) mass is 237 g/mol. The van der Waals surface area contributed by atoms with E-state index in [9.17, 15) is 9.59 Å². The number of nitrogens with two attached hydrogens (primary N) is 1. The minimum atomic E-state index is -1.34. The number of aryl methyl sites for hydroxylation is 1. The first-order valence-corrected chi connectivity index (χ1v) is 5.20. The Hall–Kier alpha value is -1.95. The molecule has 0 aliphatic rings. The van der Waals surface area contributed by atoms with E-state index in [0.29, 0.717) is 5.82 Å². The fourth-order valence-corrected chi connectivity index (χ4v) is 1.15. The second-order valence-corrected chi connectivity index (χ2v) is 3.44. The van der Waals surface area contributed by atoms with Crippen LogP contribution in [0.1, 0.15) is 12.5 Å². The van der Waals surface area contributed by atoms with Crippen LogP contribution in [0.4, 0.5) is 5.82 Å². The van der Waals surface area contributed by atoms with Crippen LogP contribution >= 0.6 is 0 Å².